The standard InChI is InChI=1S/HO3S.Ta/c1-4(2)3;/h(H,1,2,3);. The molecule has 30 valence electrons. The van der Waals surface area contributed by atoms with Crippen LogP contribution < -0.4 is 0 Å². The normalized spacial score (nSPS) is 11.4. The Bertz CT molecular complexity index is 90.1. The average Bonchev–Trinajstić information content (AvgIpc) is 0.722. The second-order valence-corrected chi connectivity index (χ2v) is 6.32. The summed E-state index contributed by atoms with van der Waals surface area (Å²) < 4.78 is 26.0. The number of hydrogen-bond acceptors (Lipinski definition) is 2. The van der Waals surface area contributed by atoms with Gasteiger partial charge in [0.2, 0.25) is 0 Å². The van der Waals surface area contributed by atoms with Gasteiger partial charge in [0.05, 0.1) is 0 Å². The van der Waals surface area contributed by atoms with E-state index in [1.54, 1.807) is 0 Å². The molecule has 0 heterocycles. The van der Waals surface area contributed by atoms with Crippen molar-refractivity contribution in [2.24, 2.45) is 0 Å². The minimum atomic E-state index is -3.56. The van der Waals surface area contributed by atoms with Gasteiger partial charge in [0.1, 0.15) is 0 Å². The van der Waals surface area contributed by atoms with Gasteiger partial charge >= 0.3 is 40.3 Å². The van der Waals surface area contributed by atoms with E-state index in [0.29, 0.717) is 0 Å². The second-order valence-electron chi connectivity index (χ2n) is 0.448. The summed E-state index contributed by atoms with van der Waals surface area (Å²) in [6.45, 7) is 0. The molecule has 0 aromatic carbocycles. The molecule has 0 aliphatic rings. The van der Waals surface area contributed by atoms with Crippen molar-refractivity contribution in [3.63, 3.8) is 0 Å². The van der Waals surface area contributed by atoms with Crippen molar-refractivity contribution >= 4 is 7.58 Å². The molecule has 0 bridgehead atoms. The summed E-state index contributed by atoms with van der Waals surface area (Å²) in [5.74, 6) is 0. The Kier molecular flexibility index (Phi) is 1.58. The van der Waals surface area contributed by atoms with Crippen LogP contribution in [0, 0.1) is 0 Å². The van der Waals surface area contributed by atoms with Crippen molar-refractivity contribution in [3.8, 4) is 0 Å². The van der Waals surface area contributed by atoms with Crippen LogP contribution in [0.15, 0.2) is 0 Å². The maximum atomic E-state index is 9.24. The van der Waals surface area contributed by atoms with Crippen LogP contribution in [0.3, 0.4) is 0 Å². The fourth-order valence-corrected chi connectivity index (χ4v) is 0. The molecule has 0 aliphatic heterocycles. The third kappa shape index (κ3) is 77.2. The van der Waals surface area contributed by atoms with Gasteiger partial charge in [-0.3, -0.25) is 0 Å². The van der Waals surface area contributed by atoms with E-state index in [1.165, 1.54) is 0 Å². The van der Waals surface area contributed by atoms with E-state index in [9.17, 15) is 8.42 Å². The van der Waals surface area contributed by atoms with Crippen molar-refractivity contribution in [2.75, 3.05) is 0 Å². The van der Waals surface area contributed by atoms with E-state index in [1.807, 2.05) is 0 Å². The van der Waals surface area contributed by atoms with E-state index in [0.717, 1.165) is 0 Å². The van der Waals surface area contributed by atoms with Crippen molar-refractivity contribution in [1.29, 1.82) is 0 Å². The van der Waals surface area contributed by atoms with Crippen LogP contribution in [0.25, 0.3) is 0 Å². The molecule has 0 saturated heterocycles. The van der Waals surface area contributed by atoms with Crippen molar-refractivity contribution in [2.45, 2.75) is 0 Å². The van der Waals surface area contributed by atoms with Crippen LogP contribution in [-0.4, -0.2) is 13.0 Å². The molecule has 3 nitrogen and oxygen atoms in total. The van der Waals surface area contributed by atoms with Gasteiger partial charge in [0.25, 0.3) is 0 Å². The SMILES string of the molecule is O=[S](=O)(O)[Ta]. The summed E-state index contributed by atoms with van der Waals surface area (Å²) >= 11 is 0.0116. The molecule has 1 N–H and O–H groups in total. The van der Waals surface area contributed by atoms with Gasteiger partial charge in [-0.1, -0.05) is 0 Å². The van der Waals surface area contributed by atoms with Crippen LogP contribution in [0.2, 0.25) is 0 Å². The van der Waals surface area contributed by atoms with Crippen molar-refractivity contribution < 1.29 is 32.7 Å². The van der Waals surface area contributed by atoms with Crippen LogP contribution in [0.1, 0.15) is 0 Å². The molecule has 0 unspecified atom stereocenters. The fourth-order valence-electron chi connectivity index (χ4n) is 0. The third-order valence-corrected chi connectivity index (χ3v) is 0. The van der Waals surface area contributed by atoms with Crippen LogP contribution in [-0.2, 0) is 27.3 Å². The molecule has 5 heavy (non-hydrogen) atoms. The molecule has 0 aliphatic carbocycles. The van der Waals surface area contributed by atoms with E-state index < -0.39 is 7.58 Å². The molecule has 0 aromatic heterocycles. The average molecular weight is 262 g/mol. The molecule has 0 fully saturated rings. The second kappa shape index (κ2) is 1.40. The molecular weight excluding hydrogens is 261 g/mol. The zero-order chi connectivity index (χ0) is 4.50. The van der Waals surface area contributed by atoms with Crippen LogP contribution in [0.4, 0.5) is 0 Å². The zero-order valence-electron chi connectivity index (χ0n) is 2.12. The minimum absolute atomic E-state index is 0.0116. The maximum absolute atomic E-state index is 9.24. The molecule has 5 heteroatoms. The van der Waals surface area contributed by atoms with Gasteiger partial charge in [-0.2, -0.15) is 0 Å². The van der Waals surface area contributed by atoms with Crippen LogP contribution >= 0.6 is 0 Å². The summed E-state index contributed by atoms with van der Waals surface area (Å²) in [7, 11) is -3.56. The van der Waals surface area contributed by atoms with Gasteiger partial charge in [0.15, 0.2) is 0 Å². The molecule has 0 saturated carbocycles. The number of hydrogen-bond donors (Lipinski definition) is 1. The summed E-state index contributed by atoms with van der Waals surface area (Å²) in [4.78, 5) is 0. The van der Waals surface area contributed by atoms with Gasteiger partial charge in [-0.25, -0.2) is 0 Å². The predicted molar refractivity (Wildman–Crippen MR) is 11.5 cm³/mol. The quantitative estimate of drug-likeness (QED) is 0.589. The molecule has 0 atom stereocenters. The van der Waals surface area contributed by atoms with Gasteiger partial charge in [0, 0.05) is 0 Å². The fraction of sp³-hybridized carbons (Fsp3) is 0. The molecular formula is HO3STa. The van der Waals surface area contributed by atoms with E-state index in [-0.39, 0.29) is 19.7 Å². The van der Waals surface area contributed by atoms with Gasteiger partial charge in [-0.15, -0.1) is 0 Å². The van der Waals surface area contributed by atoms with Crippen molar-refractivity contribution in [1.82, 2.24) is 0 Å². The predicted octanol–water partition coefficient (Wildman–Crippen LogP) is -0.664. The summed E-state index contributed by atoms with van der Waals surface area (Å²) in [5.41, 5.74) is 0. The molecule has 0 radical (unpaired) electrons. The first kappa shape index (κ1) is 5.65. The van der Waals surface area contributed by atoms with E-state index in [4.69, 9.17) is 4.55 Å². The van der Waals surface area contributed by atoms with Gasteiger partial charge < -0.3 is 0 Å². The zero-order valence-corrected chi connectivity index (χ0v) is 6.15. The van der Waals surface area contributed by atoms with Crippen molar-refractivity contribution in [3.05, 3.63) is 0 Å². The summed E-state index contributed by atoms with van der Waals surface area (Å²) in [6.07, 6.45) is 0. The Labute approximate surface area is 40.6 Å². The van der Waals surface area contributed by atoms with E-state index >= 15 is 0 Å². The Balaban J connectivity index is 4.06. The Morgan fingerprint density at radius 3 is 1.60 bits per heavy atom. The molecule has 0 aromatic rings. The summed E-state index contributed by atoms with van der Waals surface area (Å²) in [5, 5.41) is 0. The molecule has 0 rings (SSSR count). The van der Waals surface area contributed by atoms with Gasteiger partial charge in [-0.05, 0) is 0 Å². The molecule has 0 amide bonds. The monoisotopic (exact) mass is 262 g/mol. The first-order valence-corrected chi connectivity index (χ1v) is 6.03. The first-order chi connectivity index (χ1) is 2.00. The first-order valence-electron chi connectivity index (χ1n) is 0.698. The third-order valence-electron chi connectivity index (χ3n) is 0. The van der Waals surface area contributed by atoms with E-state index in [2.05, 4.69) is 0 Å². The Morgan fingerprint density at radius 2 is 1.60 bits per heavy atom. The summed E-state index contributed by atoms with van der Waals surface area (Å²) in [6, 6.07) is 0. The van der Waals surface area contributed by atoms with Crippen LogP contribution in [0.5, 0.6) is 0 Å². The number of rotatable bonds is 0. The Morgan fingerprint density at radius 1 is 1.60 bits per heavy atom. The Hall–Kier alpha value is 0.650. The topological polar surface area (TPSA) is 54.4 Å². The molecule has 0 spiro atoms.